The summed E-state index contributed by atoms with van der Waals surface area (Å²) in [6.45, 7) is 0. The van der Waals surface area contributed by atoms with Gasteiger partial charge in [0.25, 0.3) is 6.17 Å². The Kier molecular flexibility index (Phi) is 6.98. The van der Waals surface area contributed by atoms with Gasteiger partial charge in [-0.1, -0.05) is 0 Å². The molecular weight excluding hydrogens is 319 g/mol. The maximum atomic E-state index is 11.2. The Labute approximate surface area is 95.7 Å². The molecule has 0 aliphatic heterocycles. The standard InChI is InChI=1S/C3HF7.C3H2F6/c4-1(2(5,6)7)3(8,9)10;4-1(5)3(8,9)2(6)7/h1H;1-2H. The van der Waals surface area contributed by atoms with Gasteiger partial charge in [-0.05, 0) is 0 Å². The lowest BCUT2D eigenvalue weighted by atomic mass is 10.4. The highest BCUT2D eigenvalue weighted by molar-refractivity contribution is 4.73. The highest BCUT2D eigenvalue weighted by atomic mass is 19.4. The largest absolute Gasteiger partial charge is 0.428 e. The van der Waals surface area contributed by atoms with Crippen molar-refractivity contribution in [2.45, 2.75) is 37.3 Å². The van der Waals surface area contributed by atoms with E-state index in [9.17, 15) is 57.1 Å². The van der Waals surface area contributed by atoms with Crippen molar-refractivity contribution in [1.29, 1.82) is 0 Å². The molecular formula is C6H3F13. The van der Waals surface area contributed by atoms with E-state index in [4.69, 9.17) is 0 Å². The lowest BCUT2D eigenvalue weighted by Crippen LogP contribution is -2.38. The molecule has 0 aromatic heterocycles. The normalized spacial score (nSPS) is 13.9. The van der Waals surface area contributed by atoms with Crippen molar-refractivity contribution >= 4 is 0 Å². The Bertz CT molecular complexity index is 223. The molecule has 0 amide bonds. The van der Waals surface area contributed by atoms with E-state index in [0.717, 1.165) is 0 Å². The molecule has 0 atom stereocenters. The molecule has 0 aliphatic carbocycles. The molecule has 0 nitrogen and oxygen atoms in total. The van der Waals surface area contributed by atoms with Gasteiger partial charge in [-0.25, -0.2) is 22.0 Å². The van der Waals surface area contributed by atoms with Gasteiger partial charge in [0, 0.05) is 0 Å². The maximum absolute atomic E-state index is 11.2. The van der Waals surface area contributed by atoms with Gasteiger partial charge in [0.05, 0.1) is 0 Å². The maximum Gasteiger partial charge on any atom is 0.428 e. The molecule has 0 bridgehead atoms. The van der Waals surface area contributed by atoms with Crippen molar-refractivity contribution in [3.63, 3.8) is 0 Å². The van der Waals surface area contributed by atoms with Crippen LogP contribution >= 0.6 is 0 Å². The third-order valence-corrected chi connectivity index (χ3v) is 1.16. The summed E-state index contributed by atoms with van der Waals surface area (Å²) in [5, 5.41) is 0. The average molecular weight is 322 g/mol. The van der Waals surface area contributed by atoms with E-state index in [0.29, 0.717) is 0 Å². The SMILES string of the molecule is FC(C(F)(F)F)C(F)(F)F.FC(F)C(F)(F)C(F)F. The van der Waals surface area contributed by atoms with Gasteiger partial charge in [-0.15, -0.1) is 0 Å². The third-order valence-electron chi connectivity index (χ3n) is 1.16. The first kappa shape index (κ1) is 20.4. The minimum Gasteiger partial charge on any atom is -0.227 e. The van der Waals surface area contributed by atoms with Gasteiger partial charge >= 0.3 is 31.1 Å². The zero-order valence-electron chi connectivity index (χ0n) is 8.15. The number of hydrogen-bond acceptors (Lipinski definition) is 0. The summed E-state index contributed by atoms with van der Waals surface area (Å²) in [6.07, 6.45) is -25.0. The van der Waals surface area contributed by atoms with E-state index in [-0.39, 0.29) is 0 Å². The summed E-state index contributed by atoms with van der Waals surface area (Å²) in [7, 11) is 0. The van der Waals surface area contributed by atoms with Crippen molar-refractivity contribution in [2.75, 3.05) is 0 Å². The second-order valence-corrected chi connectivity index (χ2v) is 2.72. The molecule has 0 unspecified atom stereocenters. The smallest absolute Gasteiger partial charge is 0.227 e. The van der Waals surface area contributed by atoms with Gasteiger partial charge in [-0.2, -0.15) is 35.1 Å². The fourth-order valence-corrected chi connectivity index (χ4v) is 0.281. The predicted molar refractivity (Wildman–Crippen MR) is 34.0 cm³/mol. The van der Waals surface area contributed by atoms with Crippen LogP contribution in [0.5, 0.6) is 0 Å². The van der Waals surface area contributed by atoms with E-state index in [1.54, 1.807) is 0 Å². The van der Waals surface area contributed by atoms with Crippen LogP contribution in [0, 0.1) is 0 Å². The van der Waals surface area contributed by atoms with Gasteiger partial charge in [0.15, 0.2) is 0 Å². The molecule has 0 aliphatic rings. The first-order chi connectivity index (χ1) is 8.04. The predicted octanol–water partition coefficient (Wildman–Crippen LogP) is 4.60. The van der Waals surface area contributed by atoms with E-state index in [1.807, 2.05) is 0 Å². The van der Waals surface area contributed by atoms with Crippen LogP contribution in [0.2, 0.25) is 0 Å². The highest BCUT2D eigenvalue weighted by Gasteiger charge is 2.57. The molecule has 13 heteroatoms. The summed E-state index contributed by atoms with van der Waals surface area (Å²) in [5.74, 6) is -5.17. The molecule has 0 saturated heterocycles. The molecule has 0 aromatic rings. The topological polar surface area (TPSA) is 0 Å². The van der Waals surface area contributed by atoms with Crippen LogP contribution in [0.1, 0.15) is 0 Å². The van der Waals surface area contributed by atoms with Gasteiger partial charge < -0.3 is 0 Å². The Morgan fingerprint density at radius 2 is 0.684 bits per heavy atom. The molecule has 118 valence electrons. The van der Waals surface area contributed by atoms with Gasteiger partial charge in [0.2, 0.25) is 0 Å². The van der Waals surface area contributed by atoms with E-state index < -0.39 is 37.3 Å². The van der Waals surface area contributed by atoms with Crippen LogP contribution < -0.4 is 0 Å². The molecule has 0 rings (SSSR count). The van der Waals surface area contributed by atoms with Gasteiger partial charge in [0.1, 0.15) is 0 Å². The number of halogens is 13. The summed E-state index contributed by atoms with van der Waals surface area (Å²) >= 11 is 0. The first-order valence-electron chi connectivity index (χ1n) is 3.76. The summed E-state index contributed by atoms with van der Waals surface area (Å²) < 4.78 is 142. The molecule has 0 saturated carbocycles. The first-order valence-corrected chi connectivity index (χ1v) is 3.76. The van der Waals surface area contributed by atoms with Crippen molar-refractivity contribution in [3.8, 4) is 0 Å². The second kappa shape index (κ2) is 6.50. The third kappa shape index (κ3) is 7.30. The Morgan fingerprint density at radius 1 is 0.474 bits per heavy atom. The van der Waals surface area contributed by atoms with Crippen LogP contribution in [0.15, 0.2) is 0 Å². The van der Waals surface area contributed by atoms with Gasteiger partial charge in [-0.3, -0.25) is 0 Å². The number of hydrogen-bond donors (Lipinski definition) is 0. The van der Waals surface area contributed by atoms with Crippen molar-refractivity contribution < 1.29 is 57.1 Å². The van der Waals surface area contributed by atoms with Crippen LogP contribution in [0.25, 0.3) is 0 Å². The molecule has 0 heterocycles. The van der Waals surface area contributed by atoms with Crippen LogP contribution in [-0.4, -0.2) is 37.3 Å². The summed E-state index contributed by atoms with van der Waals surface area (Å²) in [6, 6.07) is 0. The fraction of sp³-hybridized carbons (Fsp3) is 1.00. The lowest BCUT2D eigenvalue weighted by molar-refractivity contribution is -0.285. The van der Waals surface area contributed by atoms with Crippen molar-refractivity contribution in [2.24, 2.45) is 0 Å². The average Bonchev–Trinajstić information content (AvgIpc) is 2.14. The van der Waals surface area contributed by atoms with Crippen molar-refractivity contribution in [3.05, 3.63) is 0 Å². The second-order valence-electron chi connectivity index (χ2n) is 2.72. The monoisotopic (exact) mass is 322 g/mol. The number of alkyl halides is 13. The van der Waals surface area contributed by atoms with Crippen LogP contribution in [-0.2, 0) is 0 Å². The molecule has 0 aromatic carbocycles. The number of rotatable bonds is 2. The zero-order chi connectivity index (χ0) is 16.2. The van der Waals surface area contributed by atoms with E-state index in [2.05, 4.69) is 0 Å². The summed E-state index contributed by atoms with van der Waals surface area (Å²) in [4.78, 5) is 0. The van der Waals surface area contributed by atoms with Crippen molar-refractivity contribution in [1.82, 2.24) is 0 Å². The molecule has 0 N–H and O–H groups in total. The van der Waals surface area contributed by atoms with E-state index >= 15 is 0 Å². The van der Waals surface area contributed by atoms with Crippen LogP contribution in [0.3, 0.4) is 0 Å². The molecule has 0 fully saturated rings. The molecule has 19 heavy (non-hydrogen) atoms. The minimum atomic E-state index is -5.85. The quantitative estimate of drug-likeness (QED) is 0.652. The minimum absolute atomic E-state index is 4.29. The molecule has 0 radical (unpaired) electrons. The molecule has 0 spiro atoms. The highest BCUT2D eigenvalue weighted by Crippen LogP contribution is 2.35. The Balaban J connectivity index is 0. The zero-order valence-corrected chi connectivity index (χ0v) is 8.15. The van der Waals surface area contributed by atoms with E-state index in [1.165, 1.54) is 0 Å². The summed E-state index contributed by atoms with van der Waals surface area (Å²) in [5.41, 5.74) is 0. The Morgan fingerprint density at radius 3 is 0.684 bits per heavy atom. The lowest BCUT2D eigenvalue weighted by Gasteiger charge is -2.14. The van der Waals surface area contributed by atoms with Crippen LogP contribution in [0.4, 0.5) is 57.1 Å². The Hall–Kier alpha value is -0.910. The fourth-order valence-electron chi connectivity index (χ4n) is 0.281.